The number of carbonyl (C=O) groups excluding carboxylic acids is 1. The molecule has 1 aliphatic heterocycles. The van der Waals surface area contributed by atoms with Crippen molar-refractivity contribution in [3.05, 3.63) is 59.4 Å². The first-order valence-corrected chi connectivity index (χ1v) is 9.42. The van der Waals surface area contributed by atoms with Crippen LogP contribution in [0.5, 0.6) is 11.5 Å². The van der Waals surface area contributed by atoms with Gasteiger partial charge in [-0.3, -0.25) is 4.79 Å². The van der Waals surface area contributed by atoms with Crippen LogP contribution in [-0.4, -0.2) is 50.4 Å². The molecule has 1 amide bonds. The summed E-state index contributed by atoms with van der Waals surface area (Å²) < 4.78 is 23.6. The number of methoxy groups -OCH3 is 2. The van der Waals surface area contributed by atoms with Crippen LogP contribution >= 0.6 is 0 Å². The lowest BCUT2D eigenvalue weighted by Gasteiger charge is -2.20. The van der Waals surface area contributed by atoms with Crippen molar-refractivity contribution < 1.29 is 23.5 Å². The molecule has 6 nitrogen and oxygen atoms in total. The van der Waals surface area contributed by atoms with Crippen molar-refractivity contribution in [2.45, 2.75) is 25.4 Å². The van der Waals surface area contributed by atoms with E-state index in [-0.39, 0.29) is 11.7 Å². The van der Waals surface area contributed by atoms with E-state index in [0.29, 0.717) is 37.3 Å². The number of carbonyl (C=O) groups is 1. The summed E-state index contributed by atoms with van der Waals surface area (Å²) in [7, 11) is 4.95. The topological polar surface area (TPSA) is 60.4 Å². The van der Waals surface area contributed by atoms with Crippen molar-refractivity contribution in [1.29, 1.82) is 0 Å². The number of ether oxygens (including phenoxy) is 2. The van der Waals surface area contributed by atoms with Gasteiger partial charge in [-0.15, -0.1) is 0 Å². The summed E-state index contributed by atoms with van der Waals surface area (Å²) in [6.07, 6.45) is 1.05. The van der Waals surface area contributed by atoms with E-state index in [1.807, 2.05) is 18.2 Å². The summed E-state index contributed by atoms with van der Waals surface area (Å²) in [5.41, 5.74) is 2.76. The Bertz CT molecular complexity index is 883. The van der Waals surface area contributed by atoms with E-state index in [1.54, 1.807) is 38.3 Å². The minimum Gasteiger partial charge on any atom is -0.493 e. The highest BCUT2D eigenvalue weighted by atomic mass is 19.1. The fourth-order valence-electron chi connectivity index (χ4n) is 3.19. The average molecular weight is 400 g/mol. The van der Waals surface area contributed by atoms with E-state index in [9.17, 15) is 9.18 Å². The molecule has 1 heterocycles. The summed E-state index contributed by atoms with van der Waals surface area (Å²) in [5, 5.41) is 4.04. The van der Waals surface area contributed by atoms with Crippen LogP contribution in [0.4, 0.5) is 4.39 Å². The van der Waals surface area contributed by atoms with E-state index in [4.69, 9.17) is 14.3 Å². The minimum atomic E-state index is -0.610. The monoisotopic (exact) mass is 400 g/mol. The lowest BCUT2D eigenvalue weighted by atomic mass is 10.0. The Kier molecular flexibility index (Phi) is 6.69. The normalized spacial score (nSPS) is 15.4. The van der Waals surface area contributed by atoms with Crippen LogP contribution in [0.25, 0.3) is 0 Å². The molecule has 3 rings (SSSR count). The van der Waals surface area contributed by atoms with Gasteiger partial charge in [-0.1, -0.05) is 23.4 Å². The molecule has 29 heavy (non-hydrogen) atoms. The van der Waals surface area contributed by atoms with Crippen molar-refractivity contribution in [2.75, 3.05) is 27.8 Å². The molecule has 0 saturated carbocycles. The van der Waals surface area contributed by atoms with Gasteiger partial charge in [0, 0.05) is 26.4 Å². The van der Waals surface area contributed by atoms with Gasteiger partial charge in [-0.2, -0.15) is 0 Å². The van der Waals surface area contributed by atoms with Gasteiger partial charge in [0.2, 0.25) is 6.10 Å². The third-order valence-corrected chi connectivity index (χ3v) is 4.89. The van der Waals surface area contributed by atoms with Gasteiger partial charge < -0.3 is 19.2 Å². The predicted molar refractivity (Wildman–Crippen MR) is 108 cm³/mol. The van der Waals surface area contributed by atoms with Gasteiger partial charge in [-0.05, 0) is 41.8 Å². The van der Waals surface area contributed by atoms with Crippen molar-refractivity contribution in [3.8, 4) is 11.5 Å². The van der Waals surface area contributed by atoms with Crippen molar-refractivity contribution in [1.82, 2.24) is 4.90 Å². The van der Waals surface area contributed by atoms with Gasteiger partial charge in [0.1, 0.15) is 5.82 Å². The number of rotatable bonds is 8. The fraction of sp³-hybridized carbons (Fsp3) is 0.364. The summed E-state index contributed by atoms with van der Waals surface area (Å²) in [6, 6.07) is 12.0. The highest BCUT2D eigenvalue weighted by Gasteiger charge is 2.30. The van der Waals surface area contributed by atoms with Crippen LogP contribution < -0.4 is 9.47 Å². The third-order valence-electron chi connectivity index (χ3n) is 4.89. The van der Waals surface area contributed by atoms with E-state index in [2.05, 4.69) is 5.16 Å². The molecule has 2 aromatic carbocycles. The zero-order valence-corrected chi connectivity index (χ0v) is 16.9. The average Bonchev–Trinajstić information content (AvgIpc) is 3.21. The number of oxime groups is 1. The zero-order chi connectivity index (χ0) is 20.8. The smallest absolute Gasteiger partial charge is 0.266 e. The molecule has 7 heteroatoms. The molecular weight excluding hydrogens is 375 g/mol. The SMILES string of the molecule is COc1ccc(CCN(C)C(=O)C2CC(Cc3ccc(F)cc3)=NO2)cc1OC. The molecule has 0 fully saturated rings. The Morgan fingerprint density at radius 2 is 1.83 bits per heavy atom. The molecule has 0 radical (unpaired) electrons. The number of hydrogen-bond donors (Lipinski definition) is 0. The molecule has 1 aliphatic rings. The Morgan fingerprint density at radius 3 is 2.52 bits per heavy atom. The summed E-state index contributed by atoms with van der Waals surface area (Å²) in [5.74, 6) is 0.952. The molecule has 1 unspecified atom stereocenters. The van der Waals surface area contributed by atoms with Crippen molar-refractivity contribution >= 4 is 11.6 Å². The molecule has 0 aliphatic carbocycles. The standard InChI is InChI=1S/C22H25FN2O4/c1-25(11-10-16-6-9-19(27-2)20(13-16)28-3)22(26)21-14-18(24-29-21)12-15-4-7-17(23)8-5-15/h4-9,13,21H,10-12,14H2,1-3H3. The van der Waals surface area contributed by atoms with Crippen molar-refractivity contribution in [3.63, 3.8) is 0 Å². The Morgan fingerprint density at radius 1 is 1.14 bits per heavy atom. The quantitative estimate of drug-likeness (QED) is 0.683. The maximum Gasteiger partial charge on any atom is 0.266 e. The van der Waals surface area contributed by atoms with Gasteiger partial charge in [-0.25, -0.2) is 4.39 Å². The first-order chi connectivity index (χ1) is 14.0. The molecule has 154 valence electrons. The van der Waals surface area contributed by atoms with Crippen LogP contribution in [0, 0.1) is 5.82 Å². The lowest BCUT2D eigenvalue weighted by Crippen LogP contribution is -2.37. The van der Waals surface area contributed by atoms with Crippen LogP contribution in [0.3, 0.4) is 0 Å². The highest BCUT2D eigenvalue weighted by molar-refractivity contribution is 5.93. The van der Waals surface area contributed by atoms with Gasteiger partial charge >= 0.3 is 0 Å². The number of amides is 1. The Balaban J connectivity index is 1.50. The predicted octanol–water partition coefficient (Wildman–Crippen LogP) is 3.23. The molecular formula is C22H25FN2O4. The summed E-state index contributed by atoms with van der Waals surface area (Å²) in [4.78, 5) is 19.7. The van der Waals surface area contributed by atoms with E-state index < -0.39 is 6.10 Å². The van der Waals surface area contributed by atoms with Crippen LogP contribution in [0.2, 0.25) is 0 Å². The third kappa shape index (κ3) is 5.25. The first kappa shape index (κ1) is 20.6. The van der Waals surface area contributed by atoms with Gasteiger partial charge in [0.15, 0.2) is 11.5 Å². The number of nitrogens with zero attached hydrogens (tertiary/aromatic N) is 2. The first-order valence-electron chi connectivity index (χ1n) is 9.42. The lowest BCUT2D eigenvalue weighted by molar-refractivity contribution is -0.140. The molecule has 0 aromatic heterocycles. The number of halogens is 1. The number of benzene rings is 2. The van der Waals surface area contributed by atoms with E-state index in [1.165, 1.54) is 12.1 Å². The Labute approximate surface area is 169 Å². The van der Waals surface area contributed by atoms with Crippen molar-refractivity contribution in [2.24, 2.45) is 5.16 Å². The molecule has 1 atom stereocenters. The van der Waals surface area contributed by atoms with E-state index in [0.717, 1.165) is 16.8 Å². The molecule has 0 spiro atoms. The maximum atomic E-state index is 13.0. The van der Waals surface area contributed by atoms with Crippen LogP contribution in [-0.2, 0) is 22.5 Å². The summed E-state index contributed by atoms with van der Waals surface area (Å²) in [6.45, 7) is 0.543. The fourth-order valence-corrected chi connectivity index (χ4v) is 3.19. The molecule has 2 aromatic rings. The number of hydrogen-bond acceptors (Lipinski definition) is 5. The second-order valence-electron chi connectivity index (χ2n) is 6.96. The van der Waals surface area contributed by atoms with E-state index >= 15 is 0 Å². The van der Waals surface area contributed by atoms with Crippen LogP contribution in [0.1, 0.15) is 17.5 Å². The van der Waals surface area contributed by atoms with Gasteiger partial charge in [0.25, 0.3) is 5.91 Å². The maximum absolute atomic E-state index is 13.0. The van der Waals surface area contributed by atoms with Crippen LogP contribution in [0.15, 0.2) is 47.6 Å². The molecule has 0 bridgehead atoms. The largest absolute Gasteiger partial charge is 0.493 e. The second kappa shape index (κ2) is 9.41. The summed E-state index contributed by atoms with van der Waals surface area (Å²) >= 11 is 0. The molecule has 0 saturated heterocycles. The van der Waals surface area contributed by atoms with Gasteiger partial charge in [0.05, 0.1) is 19.9 Å². The minimum absolute atomic E-state index is 0.108. The zero-order valence-electron chi connectivity index (χ0n) is 16.9. The Hall–Kier alpha value is -3.09. The number of likely N-dealkylation sites (N-methyl/N-ethyl adjacent to an activating group) is 1. The second-order valence-corrected chi connectivity index (χ2v) is 6.96. The highest BCUT2D eigenvalue weighted by Crippen LogP contribution is 2.27. The molecule has 0 N–H and O–H groups in total.